The third kappa shape index (κ3) is 4.53. The molecule has 0 spiro atoms. The van der Waals surface area contributed by atoms with Gasteiger partial charge in [-0.3, -0.25) is 9.59 Å². The number of nitrogens with two attached hydrogens (primary N) is 2. The Balaban J connectivity index is 1.35. The molecule has 1 aliphatic heterocycles. The van der Waals surface area contributed by atoms with Crippen LogP contribution >= 0.6 is 22.7 Å². The number of anilines is 1. The van der Waals surface area contributed by atoms with Gasteiger partial charge in [-0.2, -0.15) is 0 Å². The number of primary amides is 1. The minimum atomic E-state index is -0.558. The van der Waals surface area contributed by atoms with Crippen molar-refractivity contribution in [1.29, 1.82) is 0 Å². The van der Waals surface area contributed by atoms with Gasteiger partial charge >= 0.3 is 6.09 Å². The lowest BCUT2D eigenvalue weighted by Gasteiger charge is -2.31. The molecule has 2 aliphatic rings. The van der Waals surface area contributed by atoms with E-state index in [-0.39, 0.29) is 24.0 Å². The Kier molecular flexibility index (Phi) is 6.85. The van der Waals surface area contributed by atoms with E-state index in [0.29, 0.717) is 54.4 Å². The van der Waals surface area contributed by atoms with Crippen LogP contribution in [0.1, 0.15) is 59.5 Å². The molecule has 5 N–H and O–H groups in total. The normalized spacial score (nSPS) is 17.8. The van der Waals surface area contributed by atoms with E-state index in [9.17, 15) is 14.4 Å². The number of piperidine rings is 1. The Morgan fingerprint density at radius 2 is 2.03 bits per heavy atom. The van der Waals surface area contributed by atoms with Gasteiger partial charge in [0.05, 0.1) is 12.3 Å². The molecule has 0 saturated carbocycles. The molecular weight excluding hydrogens is 498 g/mol. The fourth-order valence-corrected chi connectivity index (χ4v) is 7.03. The van der Waals surface area contributed by atoms with Crippen LogP contribution in [0.15, 0.2) is 17.5 Å². The van der Waals surface area contributed by atoms with Crippen molar-refractivity contribution in [2.45, 2.75) is 51.0 Å². The number of thiophene rings is 2. The summed E-state index contributed by atoms with van der Waals surface area (Å²) in [5, 5.41) is 5.95. The lowest BCUT2D eigenvalue weighted by atomic mass is 9.98. The first-order chi connectivity index (χ1) is 17.4. The molecule has 0 bridgehead atoms. The van der Waals surface area contributed by atoms with Crippen molar-refractivity contribution >= 4 is 56.5 Å². The molecular formula is C25H29N5O4S2. The van der Waals surface area contributed by atoms with Crippen LogP contribution in [-0.2, 0) is 16.0 Å². The molecule has 3 amide bonds. The van der Waals surface area contributed by atoms with Crippen molar-refractivity contribution < 1.29 is 19.1 Å². The van der Waals surface area contributed by atoms with Crippen molar-refractivity contribution in [3.05, 3.63) is 33.6 Å². The minimum absolute atomic E-state index is 0.00877. The van der Waals surface area contributed by atoms with E-state index in [1.807, 2.05) is 17.5 Å². The molecule has 3 aromatic heterocycles. The van der Waals surface area contributed by atoms with Gasteiger partial charge in [-0.15, -0.1) is 22.7 Å². The number of nitrogens with one attached hydrogen (secondary N) is 1. The van der Waals surface area contributed by atoms with Gasteiger partial charge in [-0.05, 0) is 49.6 Å². The maximum atomic E-state index is 13.0. The van der Waals surface area contributed by atoms with E-state index in [2.05, 4.69) is 5.32 Å². The van der Waals surface area contributed by atoms with Gasteiger partial charge < -0.3 is 26.4 Å². The highest BCUT2D eigenvalue weighted by Gasteiger charge is 2.33. The highest BCUT2D eigenvalue weighted by Crippen LogP contribution is 2.48. The molecule has 0 aromatic carbocycles. The van der Waals surface area contributed by atoms with Crippen molar-refractivity contribution in [3.63, 3.8) is 0 Å². The molecule has 3 aromatic rings. The van der Waals surface area contributed by atoms with Gasteiger partial charge in [0.25, 0.3) is 5.91 Å². The summed E-state index contributed by atoms with van der Waals surface area (Å²) < 4.78 is 5.07. The van der Waals surface area contributed by atoms with Crippen LogP contribution in [-0.4, -0.2) is 53.5 Å². The molecule has 190 valence electrons. The van der Waals surface area contributed by atoms with Crippen LogP contribution in [0.4, 0.5) is 10.5 Å². The summed E-state index contributed by atoms with van der Waals surface area (Å²) >= 11 is 2.83. The zero-order valence-electron chi connectivity index (χ0n) is 20.0. The molecule has 1 fully saturated rings. The van der Waals surface area contributed by atoms with E-state index in [4.69, 9.17) is 21.2 Å². The summed E-state index contributed by atoms with van der Waals surface area (Å²) in [5.41, 5.74) is 15.4. The van der Waals surface area contributed by atoms with E-state index < -0.39 is 5.91 Å². The summed E-state index contributed by atoms with van der Waals surface area (Å²) in [6, 6.07) is 4.07. The highest BCUT2D eigenvalue weighted by molar-refractivity contribution is 7.21. The Morgan fingerprint density at radius 1 is 1.25 bits per heavy atom. The van der Waals surface area contributed by atoms with Gasteiger partial charge in [0.2, 0.25) is 5.91 Å². The number of fused-ring (bicyclic) bond motifs is 2. The molecule has 1 saturated heterocycles. The lowest BCUT2D eigenvalue weighted by Crippen LogP contribution is -2.46. The van der Waals surface area contributed by atoms with Gasteiger partial charge in [0.1, 0.15) is 9.71 Å². The highest BCUT2D eigenvalue weighted by atomic mass is 32.1. The number of nitrogens with zero attached hydrogens (tertiary/aromatic N) is 2. The number of pyridine rings is 1. The second-order valence-corrected chi connectivity index (χ2v) is 11.1. The average molecular weight is 528 g/mol. The number of carbonyl (C=O) groups is 3. The molecule has 5 rings (SSSR count). The van der Waals surface area contributed by atoms with Crippen molar-refractivity contribution in [2.75, 3.05) is 25.4 Å². The lowest BCUT2D eigenvalue weighted by molar-refractivity contribution is -0.122. The number of hydrogen-bond acceptors (Lipinski definition) is 8. The molecule has 1 atom stereocenters. The summed E-state index contributed by atoms with van der Waals surface area (Å²) in [7, 11) is 0. The number of likely N-dealkylation sites (tertiary alicyclic amines) is 1. The first kappa shape index (κ1) is 24.5. The average Bonchev–Trinajstić information content (AvgIpc) is 3.59. The largest absolute Gasteiger partial charge is 0.450 e. The summed E-state index contributed by atoms with van der Waals surface area (Å²) in [6.07, 6.45) is 3.08. The van der Waals surface area contributed by atoms with Crippen molar-refractivity contribution in [3.8, 4) is 10.4 Å². The summed E-state index contributed by atoms with van der Waals surface area (Å²) in [5.74, 6) is -0.577. The number of rotatable bonds is 6. The van der Waals surface area contributed by atoms with Gasteiger partial charge in [-0.1, -0.05) is 6.07 Å². The maximum absolute atomic E-state index is 13.0. The predicted octanol–water partition coefficient (Wildman–Crippen LogP) is 3.86. The Hall–Kier alpha value is -3.18. The molecule has 4 heterocycles. The van der Waals surface area contributed by atoms with Crippen molar-refractivity contribution in [2.24, 2.45) is 5.73 Å². The van der Waals surface area contributed by atoms with Gasteiger partial charge in [0.15, 0.2) is 0 Å². The van der Waals surface area contributed by atoms with E-state index in [0.717, 1.165) is 39.9 Å². The van der Waals surface area contributed by atoms with Gasteiger partial charge in [0, 0.05) is 53.0 Å². The Morgan fingerprint density at radius 3 is 2.69 bits per heavy atom. The van der Waals surface area contributed by atoms with Gasteiger partial charge in [-0.25, -0.2) is 9.78 Å². The molecule has 1 aliphatic carbocycles. The minimum Gasteiger partial charge on any atom is -0.450 e. The summed E-state index contributed by atoms with van der Waals surface area (Å²) in [4.78, 5) is 45.6. The zero-order chi connectivity index (χ0) is 25.4. The first-order valence-electron chi connectivity index (χ1n) is 12.2. The second-order valence-electron chi connectivity index (χ2n) is 9.18. The van der Waals surface area contributed by atoms with Crippen molar-refractivity contribution in [1.82, 2.24) is 15.2 Å². The summed E-state index contributed by atoms with van der Waals surface area (Å²) in [6.45, 7) is 3.29. The topological polar surface area (TPSA) is 141 Å². The SMILES string of the molecule is CCOC(=O)N1CCC(NC(=O)CC2CCc3c2nc2sc(C(N)=O)c(N)c2c3-c2cccs2)CC1. The van der Waals surface area contributed by atoms with Crippen LogP contribution in [0.2, 0.25) is 0 Å². The first-order valence-corrected chi connectivity index (χ1v) is 13.9. The van der Waals surface area contributed by atoms with Crippen LogP contribution in [0.5, 0.6) is 0 Å². The Labute approximate surface area is 216 Å². The molecule has 1 unspecified atom stereocenters. The van der Waals surface area contributed by atoms with Crippen LogP contribution < -0.4 is 16.8 Å². The number of aromatic nitrogens is 1. The quantitative estimate of drug-likeness (QED) is 0.445. The standard InChI is InChI=1S/C25H29N5O4S2/c1-2-34-25(33)30-9-7-14(8-10-30)28-17(31)12-13-5-6-15-18(16-4-3-11-35-16)19-20(26)22(23(27)32)36-24(19)29-21(13)15/h3-4,11,13-14H,2,5-10,12,26H2,1H3,(H2,27,32)(H,28,31). The predicted molar refractivity (Wildman–Crippen MR) is 141 cm³/mol. The smallest absolute Gasteiger partial charge is 0.409 e. The number of hydrogen-bond donors (Lipinski definition) is 3. The third-order valence-corrected chi connectivity index (χ3v) is 8.95. The fraction of sp³-hybridized carbons (Fsp3) is 0.440. The Bertz CT molecular complexity index is 1310. The molecule has 0 radical (unpaired) electrons. The maximum Gasteiger partial charge on any atom is 0.409 e. The van der Waals surface area contributed by atoms with E-state index in [1.54, 1.807) is 23.2 Å². The molecule has 36 heavy (non-hydrogen) atoms. The van der Waals surface area contributed by atoms with E-state index >= 15 is 0 Å². The monoisotopic (exact) mass is 527 g/mol. The fourth-order valence-electron chi connectivity index (χ4n) is 5.26. The van der Waals surface area contributed by atoms with E-state index in [1.165, 1.54) is 11.3 Å². The number of ether oxygens (including phenoxy) is 1. The number of amides is 3. The second kappa shape index (κ2) is 10.1. The molecule has 9 nitrogen and oxygen atoms in total. The third-order valence-electron chi connectivity index (χ3n) is 6.95. The molecule has 11 heteroatoms. The zero-order valence-corrected chi connectivity index (χ0v) is 21.7. The van der Waals surface area contributed by atoms with Crippen LogP contribution in [0.3, 0.4) is 0 Å². The van der Waals surface area contributed by atoms with Crippen LogP contribution in [0, 0.1) is 0 Å². The number of carbonyl (C=O) groups excluding carboxylic acids is 3. The number of nitrogen functional groups attached to an aromatic ring is 1. The van der Waals surface area contributed by atoms with Crippen LogP contribution in [0.25, 0.3) is 20.7 Å².